The van der Waals surface area contributed by atoms with Crippen LogP contribution in [0.4, 0.5) is 4.79 Å². The van der Waals surface area contributed by atoms with Crippen molar-refractivity contribution in [3.05, 3.63) is 0 Å². The van der Waals surface area contributed by atoms with Crippen LogP contribution in [0.15, 0.2) is 0 Å². The summed E-state index contributed by atoms with van der Waals surface area (Å²) in [6.45, 7) is 17.6. The standard InChI is InChI=1S/C14H32N2O2Si/c1-11(2)15-10-9-12(19(6,7)8)16-13(17)18-14(3,4)5/h11-12,15H,9-10H2,1-8H3,(H,16,17)/t12-/m0/s1. The molecule has 0 aliphatic heterocycles. The van der Waals surface area contributed by atoms with Gasteiger partial charge in [0.25, 0.3) is 0 Å². The van der Waals surface area contributed by atoms with Crippen LogP contribution in [0.1, 0.15) is 41.0 Å². The van der Waals surface area contributed by atoms with E-state index in [-0.39, 0.29) is 11.8 Å². The van der Waals surface area contributed by atoms with Crippen LogP contribution in [0.2, 0.25) is 19.6 Å². The second-order valence-electron chi connectivity index (χ2n) is 7.46. The normalized spacial score (nSPS) is 14.4. The van der Waals surface area contributed by atoms with Gasteiger partial charge >= 0.3 is 6.09 Å². The van der Waals surface area contributed by atoms with E-state index in [0.29, 0.717) is 6.04 Å². The van der Waals surface area contributed by atoms with Crippen molar-refractivity contribution in [2.45, 2.75) is 78.0 Å². The molecule has 5 heteroatoms. The zero-order valence-electron chi connectivity index (χ0n) is 13.9. The van der Waals surface area contributed by atoms with Crippen molar-refractivity contribution in [1.29, 1.82) is 0 Å². The smallest absolute Gasteiger partial charge is 0.407 e. The van der Waals surface area contributed by atoms with Gasteiger partial charge in [-0.3, -0.25) is 0 Å². The molecule has 0 aromatic carbocycles. The Hall–Kier alpha value is -0.553. The van der Waals surface area contributed by atoms with Crippen LogP contribution in [0.25, 0.3) is 0 Å². The molecule has 1 atom stereocenters. The number of alkyl carbamates (subject to hydrolysis) is 1. The lowest BCUT2D eigenvalue weighted by Crippen LogP contribution is -2.53. The Labute approximate surface area is 119 Å². The summed E-state index contributed by atoms with van der Waals surface area (Å²) in [6, 6.07) is 0.476. The fourth-order valence-corrected chi connectivity index (χ4v) is 3.25. The number of hydrogen-bond acceptors (Lipinski definition) is 3. The molecule has 0 rings (SSSR count). The lowest BCUT2D eigenvalue weighted by Gasteiger charge is -2.31. The summed E-state index contributed by atoms with van der Waals surface area (Å²) in [6.07, 6.45) is 0.650. The van der Waals surface area contributed by atoms with Gasteiger partial charge in [-0.05, 0) is 33.7 Å². The van der Waals surface area contributed by atoms with Crippen LogP contribution in [0, 0.1) is 0 Å². The van der Waals surface area contributed by atoms with E-state index in [1.54, 1.807) is 0 Å². The number of nitrogens with one attached hydrogen (secondary N) is 2. The molecule has 0 heterocycles. The second kappa shape index (κ2) is 7.29. The van der Waals surface area contributed by atoms with Crippen molar-refractivity contribution in [1.82, 2.24) is 10.6 Å². The quantitative estimate of drug-likeness (QED) is 0.738. The first-order valence-corrected chi connectivity index (χ1v) is 10.7. The van der Waals surface area contributed by atoms with Crippen molar-refractivity contribution in [2.24, 2.45) is 0 Å². The minimum absolute atomic E-state index is 0.230. The summed E-state index contributed by atoms with van der Waals surface area (Å²) in [5.41, 5.74) is -0.210. The highest BCUT2D eigenvalue weighted by Gasteiger charge is 2.29. The minimum atomic E-state index is -1.45. The number of carbonyl (C=O) groups excluding carboxylic acids is 1. The fraction of sp³-hybridized carbons (Fsp3) is 0.929. The first kappa shape index (κ1) is 18.4. The van der Waals surface area contributed by atoms with E-state index in [0.717, 1.165) is 13.0 Å². The average Bonchev–Trinajstić information content (AvgIpc) is 2.10. The lowest BCUT2D eigenvalue weighted by molar-refractivity contribution is 0.0517. The van der Waals surface area contributed by atoms with E-state index in [9.17, 15) is 4.79 Å². The molecule has 0 aromatic heterocycles. The molecule has 114 valence electrons. The largest absolute Gasteiger partial charge is 0.444 e. The molecule has 0 aliphatic rings. The molecule has 0 aliphatic carbocycles. The average molecular weight is 289 g/mol. The maximum Gasteiger partial charge on any atom is 0.407 e. The highest BCUT2D eigenvalue weighted by Crippen LogP contribution is 2.13. The first-order valence-electron chi connectivity index (χ1n) is 7.14. The van der Waals surface area contributed by atoms with Crippen molar-refractivity contribution in [2.75, 3.05) is 6.54 Å². The first-order chi connectivity index (χ1) is 8.42. The number of hydrogen-bond donors (Lipinski definition) is 2. The number of ether oxygens (including phenoxy) is 1. The monoisotopic (exact) mass is 288 g/mol. The van der Waals surface area contributed by atoms with Gasteiger partial charge in [-0.1, -0.05) is 33.5 Å². The minimum Gasteiger partial charge on any atom is -0.444 e. The summed E-state index contributed by atoms with van der Waals surface area (Å²) in [4.78, 5) is 11.9. The Morgan fingerprint density at radius 2 is 1.74 bits per heavy atom. The predicted octanol–water partition coefficient (Wildman–Crippen LogP) is 3.15. The zero-order chi connectivity index (χ0) is 15.3. The second-order valence-corrected chi connectivity index (χ2v) is 12.9. The SMILES string of the molecule is CC(C)NCC[C@@H](NC(=O)OC(C)(C)C)[Si](C)(C)C. The van der Waals surface area contributed by atoms with Gasteiger partial charge in [0.2, 0.25) is 0 Å². The van der Waals surface area contributed by atoms with Gasteiger partial charge in [0.05, 0.1) is 8.07 Å². The van der Waals surface area contributed by atoms with Gasteiger partial charge in [0.1, 0.15) is 5.60 Å². The Balaban J connectivity index is 4.41. The number of amides is 1. The maximum absolute atomic E-state index is 11.9. The van der Waals surface area contributed by atoms with Crippen molar-refractivity contribution >= 4 is 14.2 Å². The Morgan fingerprint density at radius 3 is 2.11 bits per heavy atom. The topological polar surface area (TPSA) is 50.4 Å². The van der Waals surface area contributed by atoms with Gasteiger partial charge in [-0.15, -0.1) is 0 Å². The molecular weight excluding hydrogens is 256 g/mol. The molecule has 0 unspecified atom stereocenters. The molecule has 0 saturated carbocycles. The van der Waals surface area contributed by atoms with E-state index in [4.69, 9.17) is 4.74 Å². The van der Waals surface area contributed by atoms with E-state index in [1.807, 2.05) is 20.8 Å². The highest BCUT2D eigenvalue weighted by atomic mass is 28.3. The third-order valence-corrected chi connectivity index (χ3v) is 5.25. The fourth-order valence-electron chi connectivity index (χ4n) is 1.69. The van der Waals surface area contributed by atoms with Gasteiger partial charge in [-0.2, -0.15) is 0 Å². The van der Waals surface area contributed by atoms with Crippen LogP contribution in [0.5, 0.6) is 0 Å². The van der Waals surface area contributed by atoms with E-state index in [1.165, 1.54) is 0 Å². The van der Waals surface area contributed by atoms with E-state index < -0.39 is 13.7 Å². The molecule has 0 saturated heterocycles. The number of rotatable bonds is 6. The lowest BCUT2D eigenvalue weighted by atomic mass is 10.2. The molecule has 0 radical (unpaired) electrons. The third-order valence-electron chi connectivity index (χ3n) is 2.72. The van der Waals surface area contributed by atoms with Crippen molar-refractivity contribution in [3.63, 3.8) is 0 Å². The van der Waals surface area contributed by atoms with Crippen molar-refractivity contribution < 1.29 is 9.53 Å². The molecule has 2 N–H and O–H groups in total. The van der Waals surface area contributed by atoms with Crippen LogP contribution < -0.4 is 10.6 Å². The Bertz CT molecular complexity index is 280. The highest BCUT2D eigenvalue weighted by molar-refractivity contribution is 6.77. The third kappa shape index (κ3) is 9.96. The zero-order valence-corrected chi connectivity index (χ0v) is 14.9. The molecule has 0 bridgehead atoms. The number of carbonyl (C=O) groups is 1. The molecule has 0 spiro atoms. The van der Waals surface area contributed by atoms with Crippen LogP contribution in [0.3, 0.4) is 0 Å². The summed E-state index contributed by atoms with van der Waals surface area (Å²) in [5.74, 6) is 0. The van der Waals surface area contributed by atoms with Gasteiger partial charge in [0.15, 0.2) is 0 Å². The van der Waals surface area contributed by atoms with Gasteiger partial charge in [-0.25, -0.2) is 4.79 Å². The molecule has 1 amide bonds. The Morgan fingerprint density at radius 1 is 1.21 bits per heavy atom. The molecule has 0 fully saturated rings. The van der Waals surface area contributed by atoms with Crippen LogP contribution >= 0.6 is 0 Å². The van der Waals surface area contributed by atoms with E-state index >= 15 is 0 Å². The van der Waals surface area contributed by atoms with Crippen LogP contribution in [-0.4, -0.2) is 38.0 Å². The molecule has 0 aromatic rings. The summed E-state index contributed by atoms with van der Waals surface area (Å²) < 4.78 is 5.34. The predicted molar refractivity (Wildman–Crippen MR) is 84.3 cm³/mol. The van der Waals surface area contributed by atoms with Crippen LogP contribution in [-0.2, 0) is 4.74 Å². The van der Waals surface area contributed by atoms with Crippen molar-refractivity contribution in [3.8, 4) is 0 Å². The summed E-state index contributed by atoms with van der Waals surface area (Å²) >= 11 is 0. The maximum atomic E-state index is 11.9. The molecule has 19 heavy (non-hydrogen) atoms. The van der Waals surface area contributed by atoms with Gasteiger partial charge < -0.3 is 15.4 Å². The summed E-state index contributed by atoms with van der Waals surface area (Å²) in [5, 5.41) is 6.45. The summed E-state index contributed by atoms with van der Waals surface area (Å²) in [7, 11) is -1.45. The Kier molecular flexibility index (Phi) is 7.08. The molecule has 4 nitrogen and oxygen atoms in total. The molecular formula is C14H32N2O2Si. The van der Waals surface area contributed by atoms with E-state index in [2.05, 4.69) is 44.1 Å². The van der Waals surface area contributed by atoms with Gasteiger partial charge in [0, 0.05) is 11.7 Å².